The third kappa shape index (κ3) is 4.37. The van der Waals surface area contributed by atoms with E-state index >= 15 is 0 Å². The summed E-state index contributed by atoms with van der Waals surface area (Å²) < 4.78 is 10.1. The number of pyridine rings is 1. The Hall–Kier alpha value is -3.50. The predicted octanol–water partition coefficient (Wildman–Crippen LogP) is 1.17. The minimum Gasteiger partial charge on any atom is -0.496 e. The average Bonchev–Trinajstić information content (AvgIpc) is 2.63. The highest BCUT2D eigenvalue weighted by Crippen LogP contribution is 2.29. The molecule has 0 radical (unpaired) electrons. The lowest BCUT2D eigenvalue weighted by Gasteiger charge is -2.23. The van der Waals surface area contributed by atoms with Crippen LogP contribution in [0.5, 0.6) is 5.75 Å². The number of aryl methyl sites for hydroxylation is 1. The van der Waals surface area contributed by atoms with Crippen molar-refractivity contribution in [3.63, 3.8) is 0 Å². The Bertz CT molecular complexity index is 873. The van der Waals surface area contributed by atoms with Gasteiger partial charge in [-0.25, -0.2) is 4.98 Å². The molecular formula is C16H20N6O5. The van der Waals surface area contributed by atoms with Gasteiger partial charge in [-0.05, 0) is 13.8 Å². The fraction of sp³-hybridized carbons (Fsp3) is 0.375. The quantitative estimate of drug-likeness (QED) is 0.424. The number of nitrogens with two attached hydrogens (primary N) is 1. The van der Waals surface area contributed by atoms with Crippen LogP contribution in [0, 0.1) is 24.0 Å². The zero-order chi connectivity index (χ0) is 20.1. The molecule has 11 nitrogen and oxygen atoms in total. The van der Waals surface area contributed by atoms with E-state index in [1.165, 1.54) is 12.0 Å². The predicted molar refractivity (Wildman–Crippen MR) is 96.4 cm³/mol. The molecule has 0 saturated heterocycles. The number of carbonyl (C=O) groups is 1. The molecule has 0 aliphatic rings. The second-order valence-corrected chi connectivity index (χ2v) is 5.67. The van der Waals surface area contributed by atoms with Crippen LogP contribution in [-0.4, -0.2) is 46.6 Å². The third-order valence-electron chi connectivity index (χ3n) is 3.90. The van der Waals surface area contributed by atoms with Crippen LogP contribution < -0.4 is 15.4 Å². The van der Waals surface area contributed by atoms with E-state index in [9.17, 15) is 14.9 Å². The van der Waals surface area contributed by atoms with E-state index in [4.69, 9.17) is 15.2 Å². The van der Waals surface area contributed by atoms with Crippen LogP contribution in [-0.2, 0) is 16.1 Å². The van der Waals surface area contributed by atoms with Gasteiger partial charge in [-0.3, -0.25) is 19.9 Å². The van der Waals surface area contributed by atoms with Gasteiger partial charge >= 0.3 is 11.7 Å². The molecular weight excluding hydrogens is 356 g/mol. The van der Waals surface area contributed by atoms with Crippen LogP contribution in [0.2, 0.25) is 0 Å². The smallest absolute Gasteiger partial charge is 0.329 e. The summed E-state index contributed by atoms with van der Waals surface area (Å²) in [6, 6.07) is 0. The van der Waals surface area contributed by atoms with Gasteiger partial charge in [0.15, 0.2) is 0 Å². The minimum atomic E-state index is -0.644. The number of nitrogens with zero attached hydrogens (tertiary/aromatic N) is 5. The first-order valence-corrected chi connectivity index (χ1v) is 7.86. The average molecular weight is 376 g/mol. The highest BCUT2D eigenvalue weighted by molar-refractivity contribution is 5.76. The van der Waals surface area contributed by atoms with Crippen molar-refractivity contribution in [1.29, 1.82) is 0 Å². The van der Waals surface area contributed by atoms with Gasteiger partial charge in [-0.15, -0.1) is 0 Å². The zero-order valence-electron chi connectivity index (χ0n) is 15.4. The molecule has 0 aromatic carbocycles. The van der Waals surface area contributed by atoms with Crippen molar-refractivity contribution in [3.8, 4) is 5.75 Å². The molecule has 2 N–H and O–H groups in total. The van der Waals surface area contributed by atoms with Crippen LogP contribution in [0.25, 0.3) is 0 Å². The van der Waals surface area contributed by atoms with Crippen molar-refractivity contribution in [2.24, 2.45) is 0 Å². The van der Waals surface area contributed by atoms with Gasteiger partial charge in [0.25, 0.3) is 0 Å². The Kier molecular flexibility index (Phi) is 6.06. The van der Waals surface area contributed by atoms with Crippen molar-refractivity contribution in [2.75, 3.05) is 31.4 Å². The number of aromatic nitrogens is 3. The van der Waals surface area contributed by atoms with Gasteiger partial charge < -0.3 is 20.1 Å². The first-order chi connectivity index (χ1) is 12.8. The number of ether oxygens (including phenoxy) is 2. The van der Waals surface area contributed by atoms with Crippen molar-refractivity contribution in [2.45, 2.75) is 20.4 Å². The van der Waals surface area contributed by atoms with Crippen molar-refractivity contribution >= 4 is 23.4 Å². The standard InChI is InChI=1S/C16H20N6O5/c1-9-5-18-11(10(2)14(9)27-4)7-21(8-13(23)26-3)15-12(22(24)25)6-19-16(17)20-15/h5-6H,7-8H2,1-4H3,(H2,17,19,20). The first-order valence-electron chi connectivity index (χ1n) is 7.86. The number of anilines is 2. The van der Waals surface area contributed by atoms with Gasteiger partial charge in [-0.2, -0.15) is 4.98 Å². The van der Waals surface area contributed by atoms with Crippen LogP contribution >= 0.6 is 0 Å². The fourth-order valence-corrected chi connectivity index (χ4v) is 2.58. The lowest BCUT2D eigenvalue weighted by molar-refractivity contribution is -0.384. The molecule has 0 aliphatic carbocycles. The van der Waals surface area contributed by atoms with E-state index in [1.54, 1.807) is 13.3 Å². The SMILES string of the molecule is COC(=O)CN(Cc1ncc(C)c(OC)c1C)c1nc(N)ncc1[N+](=O)[O-]. The van der Waals surface area contributed by atoms with E-state index < -0.39 is 10.9 Å². The highest BCUT2D eigenvalue weighted by Gasteiger charge is 2.26. The lowest BCUT2D eigenvalue weighted by Crippen LogP contribution is -2.32. The van der Waals surface area contributed by atoms with E-state index in [2.05, 4.69) is 15.0 Å². The number of nitrogen functional groups attached to an aromatic ring is 1. The molecule has 0 aliphatic heterocycles. The Morgan fingerprint density at radius 2 is 2.00 bits per heavy atom. The highest BCUT2D eigenvalue weighted by atomic mass is 16.6. The normalized spacial score (nSPS) is 10.4. The summed E-state index contributed by atoms with van der Waals surface area (Å²) in [4.78, 5) is 35.9. The second kappa shape index (κ2) is 8.25. The van der Waals surface area contributed by atoms with Crippen LogP contribution in [0.4, 0.5) is 17.5 Å². The monoisotopic (exact) mass is 376 g/mol. The molecule has 0 fully saturated rings. The molecule has 2 aromatic rings. The zero-order valence-corrected chi connectivity index (χ0v) is 15.4. The van der Waals surface area contributed by atoms with Crippen LogP contribution in [0.3, 0.4) is 0 Å². The van der Waals surface area contributed by atoms with E-state index in [0.717, 1.165) is 17.3 Å². The van der Waals surface area contributed by atoms with Gasteiger partial charge in [0, 0.05) is 17.3 Å². The number of nitro groups is 1. The minimum absolute atomic E-state index is 0.0505. The molecule has 0 amide bonds. The lowest BCUT2D eigenvalue weighted by atomic mass is 10.1. The van der Waals surface area contributed by atoms with Crippen LogP contribution in [0.1, 0.15) is 16.8 Å². The molecule has 0 unspecified atom stereocenters. The maximum atomic E-state index is 11.9. The molecule has 144 valence electrons. The molecule has 2 heterocycles. The van der Waals surface area contributed by atoms with E-state index in [-0.39, 0.29) is 30.5 Å². The van der Waals surface area contributed by atoms with Gasteiger partial charge in [-0.1, -0.05) is 0 Å². The van der Waals surface area contributed by atoms with Crippen molar-refractivity contribution in [1.82, 2.24) is 15.0 Å². The topological polar surface area (TPSA) is 147 Å². The van der Waals surface area contributed by atoms with Crippen molar-refractivity contribution < 1.29 is 19.2 Å². The first kappa shape index (κ1) is 19.8. The summed E-state index contributed by atoms with van der Waals surface area (Å²) in [7, 11) is 2.77. The molecule has 2 rings (SSSR count). The Morgan fingerprint density at radius 3 is 2.59 bits per heavy atom. The number of hydrogen-bond acceptors (Lipinski definition) is 10. The number of esters is 1. The van der Waals surface area contributed by atoms with E-state index in [0.29, 0.717) is 11.4 Å². The van der Waals surface area contributed by atoms with Crippen LogP contribution in [0.15, 0.2) is 12.4 Å². The van der Waals surface area contributed by atoms with Crippen molar-refractivity contribution in [3.05, 3.63) is 39.3 Å². The largest absolute Gasteiger partial charge is 0.496 e. The summed E-state index contributed by atoms with van der Waals surface area (Å²) >= 11 is 0. The molecule has 0 spiro atoms. The summed E-state index contributed by atoms with van der Waals surface area (Å²) in [5.41, 5.74) is 7.36. The molecule has 0 atom stereocenters. The second-order valence-electron chi connectivity index (χ2n) is 5.67. The number of methoxy groups -OCH3 is 2. The molecule has 11 heteroatoms. The molecule has 27 heavy (non-hydrogen) atoms. The van der Waals surface area contributed by atoms with Gasteiger partial charge in [0.2, 0.25) is 11.8 Å². The molecule has 0 bridgehead atoms. The summed E-state index contributed by atoms with van der Waals surface area (Å²) in [5.74, 6) is -0.205. The fourth-order valence-electron chi connectivity index (χ4n) is 2.58. The Balaban J connectivity index is 2.53. The molecule has 2 aromatic heterocycles. The summed E-state index contributed by atoms with van der Waals surface area (Å²) in [5, 5.41) is 11.4. The number of hydrogen-bond donors (Lipinski definition) is 1. The maximum absolute atomic E-state index is 11.9. The maximum Gasteiger partial charge on any atom is 0.329 e. The number of carbonyl (C=O) groups excluding carboxylic acids is 1. The summed E-state index contributed by atoms with van der Waals surface area (Å²) in [6.45, 7) is 3.43. The third-order valence-corrected chi connectivity index (χ3v) is 3.90. The Morgan fingerprint density at radius 1 is 1.30 bits per heavy atom. The summed E-state index contributed by atoms with van der Waals surface area (Å²) in [6.07, 6.45) is 2.62. The van der Waals surface area contributed by atoms with E-state index in [1.807, 2.05) is 13.8 Å². The molecule has 0 saturated carbocycles. The van der Waals surface area contributed by atoms with Gasteiger partial charge in [0.1, 0.15) is 18.5 Å². The van der Waals surface area contributed by atoms with Gasteiger partial charge in [0.05, 0.1) is 31.4 Å². The number of rotatable bonds is 7. The Labute approximate surface area is 155 Å².